The molecule has 0 aliphatic carbocycles. The lowest BCUT2D eigenvalue weighted by molar-refractivity contribution is 0.0706. The van der Waals surface area contributed by atoms with E-state index in [1.54, 1.807) is 28.6 Å². The molecule has 1 aromatic heterocycles. The quantitative estimate of drug-likeness (QED) is 0.547. The van der Waals surface area contributed by atoms with Crippen molar-refractivity contribution in [2.24, 2.45) is 11.8 Å². The molecule has 2 unspecified atom stereocenters. The molecule has 0 bridgehead atoms. The molecule has 2 fully saturated rings. The highest BCUT2D eigenvalue weighted by molar-refractivity contribution is 7.89. The van der Waals surface area contributed by atoms with Crippen LogP contribution in [-0.4, -0.2) is 54.7 Å². The van der Waals surface area contributed by atoms with Crippen molar-refractivity contribution in [2.75, 3.05) is 26.2 Å². The zero-order valence-corrected chi connectivity index (χ0v) is 20.5. The summed E-state index contributed by atoms with van der Waals surface area (Å²) in [6.45, 7) is 6.50. The van der Waals surface area contributed by atoms with Gasteiger partial charge in [0.15, 0.2) is 11.5 Å². The van der Waals surface area contributed by atoms with Gasteiger partial charge in [0.05, 0.1) is 4.90 Å². The van der Waals surface area contributed by atoms with Gasteiger partial charge in [-0.3, -0.25) is 4.79 Å². The van der Waals surface area contributed by atoms with Gasteiger partial charge in [-0.2, -0.15) is 4.31 Å². The molecule has 2 atom stereocenters. The van der Waals surface area contributed by atoms with Crippen LogP contribution in [0.3, 0.4) is 0 Å². The molecule has 0 saturated carbocycles. The largest absolute Gasteiger partial charge is 0.440 e. The summed E-state index contributed by atoms with van der Waals surface area (Å²) in [4.78, 5) is 19.8. The highest BCUT2D eigenvalue weighted by Crippen LogP contribution is 2.31. The van der Waals surface area contributed by atoms with E-state index in [-0.39, 0.29) is 16.7 Å². The van der Waals surface area contributed by atoms with Gasteiger partial charge in [0, 0.05) is 37.7 Å². The van der Waals surface area contributed by atoms with Crippen molar-refractivity contribution in [3.05, 3.63) is 60.0 Å². The number of hydrogen-bond acceptors (Lipinski definition) is 5. The van der Waals surface area contributed by atoms with Crippen LogP contribution in [0, 0.1) is 11.8 Å². The summed E-state index contributed by atoms with van der Waals surface area (Å²) in [5.74, 6) is 1.55. The number of carbonyl (C=O) groups is 1. The zero-order chi connectivity index (χ0) is 23.9. The number of rotatable bonds is 4. The minimum atomic E-state index is -3.55. The minimum absolute atomic E-state index is 0.0693. The average molecular weight is 482 g/mol. The fourth-order valence-electron chi connectivity index (χ4n) is 5.30. The van der Waals surface area contributed by atoms with E-state index in [2.05, 4.69) is 18.8 Å². The number of carbonyl (C=O) groups excluding carboxylic acids is 1. The Morgan fingerprint density at radius 3 is 2.26 bits per heavy atom. The maximum atomic E-state index is 13.1. The Labute approximate surface area is 200 Å². The number of sulfonamides is 1. The van der Waals surface area contributed by atoms with Gasteiger partial charge in [-0.15, -0.1) is 0 Å². The van der Waals surface area contributed by atoms with Gasteiger partial charge in [-0.1, -0.05) is 26.0 Å². The third-order valence-corrected chi connectivity index (χ3v) is 8.86. The number of oxazole rings is 1. The number of likely N-dealkylation sites (tertiary alicyclic amines) is 1. The van der Waals surface area contributed by atoms with E-state index in [0.717, 1.165) is 36.3 Å². The van der Waals surface area contributed by atoms with Crippen molar-refractivity contribution >= 4 is 27.0 Å². The average Bonchev–Trinajstić information content (AvgIpc) is 3.27. The maximum absolute atomic E-state index is 13.1. The highest BCUT2D eigenvalue weighted by Gasteiger charge is 2.32. The standard InChI is InChI=1S/C26H31N3O4S/c1-18-15-19(2)17-29(16-18)34(31,32)22-9-7-21(8-10-22)26(30)28-13-11-20(12-14-28)25-27-23-5-3-4-6-24(23)33-25/h3-10,18-20H,11-17H2,1-2H3. The lowest BCUT2D eigenvalue weighted by Gasteiger charge is -2.34. The molecule has 8 heteroatoms. The predicted octanol–water partition coefficient (Wildman–Crippen LogP) is 4.51. The number of amides is 1. The van der Waals surface area contributed by atoms with Gasteiger partial charge >= 0.3 is 0 Å². The van der Waals surface area contributed by atoms with Crippen LogP contribution in [0.1, 0.15) is 55.3 Å². The number of hydrogen-bond donors (Lipinski definition) is 0. The van der Waals surface area contributed by atoms with Gasteiger partial charge in [0.25, 0.3) is 5.91 Å². The third kappa shape index (κ3) is 4.49. The Hall–Kier alpha value is -2.71. The van der Waals surface area contributed by atoms with Crippen LogP contribution in [0.5, 0.6) is 0 Å². The summed E-state index contributed by atoms with van der Waals surface area (Å²) < 4.78 is 33.7. The topological polar surface area (TPSA) is 83.7 Å². The molecule has 2 aliphatic rings. The van der Waals surface area contributed by atoms with Crippen molar-refractivity contribution < 1.29 is 17.6 Å². The monoisotopic (exact) mass is 481 g/mol. The van der Waals surface area contributed by atoms with Crippen molar-refractivity contribution in [3.63, 3.8) is 0 Å². The second kappa shape index (κ2) is 9.15. The van der Waals surface area contributed by atoms with Gasteiger partial charge in [0.1, 0.15) is 5.52 Å². The van der Waals surface area contributed by atoms with Gasteiger partial charge in [-0.05, 0) is 67.5 Å². The first-order valence-electron chi connectivity index (χ1n) is 12.1. The first-order chi connectivity index (χ1) is 16.3. The van der Waals surface area contributed by atoms with Crippen LogP contribution in [0.4, 0.5) is 0 Å². The summed E-state index contributed by atoms with van der Waals surface area (Å²) in [5, 5.41) is 0. The number of benzene rings is 2. The number of para-hydroxylation sites is 2. The molecule has 3 aromatic rings. The number of nitrogens with zero attached hydrogens (tertiary/aromatic N) is 3. The van der Waals surface area contributed by atoms with Crippen molar-refractivity contribution in [1.82, 2.24) is 14.2 Å². The molecule has 0 N–H and O–H groups in total. The van der Waals surface area contributed by atoms with Crippen LogP contribution in [-0.2, 0) is 10.0 Å². The molecular formula is C26H31N3O4S. The number of piperidine rings is 2. The van der Waals surface area contributed by atoms with E-state index in [4.69, 9.17) is 4.42 Å². The fourth-order valence-corrected chi connectivity index (χ4v) is 6.98. The summed E-state index contributed by atoms with van der Waals surface area (Å²) in [6.07, 6.45) is 2.62. The van der Waals surface area contributed by atoms with Crippen molar-refractivity contribution in [1.29, 1.82) is 0 Å². The Morgan fingerprint density at radius 1 is 0.971 bits per heavy atom. The van der Waals surface area contributed by atoms with E-state index >= 15 is 0 Å². The van der Waals surface area contributed by atoms with E-state index in [1.165, 1.54) is 0 Å². The summed E-state index contributed by atoms with van der Waals surface area (Å²) in [6, 6.07) is 14.1. The number of fused-ring (bicyclic) bond motifs is 1. The highest BCUT2D eigenvalue weighted by atomic mass is 32.2. The van der Waals surface area contributed by atoms with Crippen LogP contribution < -0.4 is 0 Å². The van der Waals surface area contributed by atoms with Crippen LogP contribution in [0.15, 0.2) is 57.8 Å². The molecule has 34 heavy (non-hydrogen) atoms. The molecule has 0 radical (unpaired) electrons. The molecule has 2 saturated heterocycles. The normalized spacial score (nSPS) is 22.8. The SMILES string of the molecule is CC1CC(C)CN(S(=O)(=O)c2ccc(C(=O)N3CCC(c4nc5ccccc5o4)CC3)cc2)C1. The molecule has 2 aromatic carbocycles. The van der Waals surface area contributed by atoms with Gasteiger partial charge in [-0.25, -0.2) is 13.4 Å². The summed E-state index contributed by atoms with van der Waals surface area (Å²) in [7, 11) is -3.55. The molecule has 0 spiro atoms. The maximum Gasteiger partial charge on any atom is 0.253 e. The minimum Gasteiger partial charge on any atom is -0.440 e. The van der Waals surface area contributed by atoms with Crippen LogP contribution >= 0.6 is 0 Å². The molecule has 5 rings (SSSR count). The Bertz CT molecular complexity index is 1230. The fraction of sp³-hybridized carbons (Fsp3) is 0.462. The predicted molar refractivity (Wildman–Crippen MR) is 130 cm³/mol. The van der Waals surface area contributed by atoms with Crippen LogP contribution in [0.25, 0.3) is 11.1 Å². The van der Waals surface area contributed by atoms with Crippen molar-refractivity contribution in [3.8, 4) is 0 Å². The van der Waals surface area contributed by atoms with E-state index < -0.39 is 10.0 Å². The molecule has 180 valence electrons. The Kier molecular flexibility index (Phi) is 6.20. The molecule has 7 nitrogen and oxygen atoms in total. The first kappa shape index (κ1) is 23.1. The Balaban J connectivity index is 1.23. The second-order valence-corrected chi connectivity index (χ2v) is 11.8. The molecule has 2 aliphatic heterocycles. The third-order valence-electron chi connectivity index (χ3n) is 7.02. The molecular weight excluding hydrogens is 450 g/mol. The second-order valence-electron chi connectivity index (χ2n) is 9.88. The summed E-state index contributed by atoms with van der Waals surface area (Å²) in [5.41, 5.74) is 2.17. The zero-order valence-electron chi connectivity index (χ0n) is 19.7. The van der Waals surface area contributed by atoms with E-state index in [9.17, 15) is 13.2 Å². The van der Waals surface area contributed by atoms with Crippen LogP contribution in [0.2, 0.25) is 0 Å². The lowest BCUT2D eigenvalue weighted by Crippen LogP contribution is -2.42. The van der Waals surface area contributed by atoms with Gasteiger partial charge in [0.2, 0.25) is 10.0 Å². The Morgan fingerprint density at radius 2 is 1.62 bits per heavy atom. The van der Waals surface area contributed by atoms with E-state index in [1.807, 2.05) is 29.2 Å². The van der Waals surface area contributed by atoms with E-state index in [0.29, 0.717) is 43.6 Å². The molecule has 1 amide bonds. The van der Waals surface area contributed by atoms with Crippen molar-refractivity contribution in [2.45, 2.75) is 43.9 Å². The lowest BCUT2D eigenvalue weighted by atomic mass is 9.94. The first-order valence-corrected chi connectivity index (χ1v) is 13.5. The smallest absolute Gasteiger partial charge is 0.253 e. The van der Waals surface area contributed by atoms with Gasteiger partial charge < -0.3 is 9.32 Å². The molecule has 3 heterocycles. The summed E-state index contributed by atoms with van der Waals surface area (Å²) >= 11 is 0. The number of aromatic nitrogens is 1.